The number of nitrogens with zero attached hydrogens (tertiary/aromatic N) is 1. The summed E-state index contributed by atoms with van der Waals surface area (Å²) in [6.07, 6.45) is 2.35. The van der Waals surface area contributed by atoms with Gasteiger partial charge >= 0.3 is 0 Å². The molecular weight excluding hydrogens is 290 g/mol. The van der Waals surface area contributed by atoms with Crippen molar-refractivity contribution >= 4 is 33.5 Å². The van der Waals surface area contributed by atoms with Crippen molar-refractivity contribution in [3.8, 4) is 0 Å². The van der Waals surface area contributed by atoms with Crippen LogP contribution in [0.15, 0.2) is 60.7 Å². The summed E-state index contributed by atoms with van der Waals surface area (Å²) in [5, 5.41) is 2.75. The fourth-order valence-electron chi connectivity index (χ4n) is 5.03. The second kappa shape index (κ2) is 3.81. The van der Waals surface area contributed by atoms with Crippen LogP contribution in [-0.2, 0) is 5.54 Å². The molecule has 2 aliphatic rings. The third kappa shape index (κ3) is 1.16. The Hall–Kier alpha value is -2.80. The van der Waals surface area contributed by atoms with Gasteiger partial charge in [-0.1, -0.05) is 60.7 Å². The molecule has 0 saturated heterocycles. The number of para-hydroxylation sites is 1. The van der Waals surface area contributed by atoms with Gasteiger partial charge in [0.15, 0.2) is 0 Å². The van der Waals surface area contributed by atoms with Crippen molar-refractivity contribution in [2.75, 3.05) is 0 Å². The van der Waals surface area contributed by atoms with Crippen LogP contribution in [-0.4, -0.2) is 4.57 Å². The molecule has 1 aromatic heterocycles. The summed E-state index contributed by atoms with van der Waals surface area (Å²) in [6, 6.07) is 22.3. The molecule has 2 heterocycles. The van der Waals surface area contributed by atoms with E-state index in [1.54, 1.807) is 0 Å². The van der Waals surface area contributed by atoms with Gasteiger partial charge in [-0.2, -0.15) is 0 Å². The minimum absolute atomic E-state index is 0.0852. The quantitative estimate of drug-likeness (QED) is 0.387. The summed E-state index contributed by atoms with van der Waals surface area (Å²) >= 11 is 0. The van der Waals surface area contributed by atoms with Crippen molar-refractivity contribution in [2.24, 2.45) is 0 Å². The van der Waals surface area contributed by atoms with Gasteiger partial charge in [0.05, 0.1) is 16.6 Å². The van der Waals surface area contributed by atoms with E-state index in [0.717, 1.165) is 0 Å². The first-order valence-corrected chi connectivity index (χ1v) is 8.56. The van der Waals surface area contributed by atoms with Crippen molar-refractivity contribution in [1.82, 2.24) is 4.57 Å². The Morgan fingerprint density at radius 2 is 1.62 bits per heavy atom. The number of hydrogen-bond donors (Lipinski definition) is 0. The number of allylic oxidation sites excluding steroid dienone is 1. The molecule has 0 radical (unpaired) electrons. The number of hydrogen-bond acceptors (Lipinski definition) is 0. The Labute approximate surface area is 140 Å². The lowest BCUT2D eigenvalue weighted by molar-refractivity contribution is 0.465. The summed E-state index contributed by atoms with van der Waals surface area (Å²) in [6.45, 7) is 4.63. The number of rotatable bonds is 0. The number of aromatic nitrogens is 1. The highest BCUT2D eigenvalue weighted by Crippen LogP contribution is 2.56. The molecule has 4 aromatic rings. The fourth-order valence-corrected chi connectivity index (χ4v) is 5.03. The molecule has 1 heteroatoms. The van der Waals surface area contributed by atoms with E-state index in [4.69, 9.17) is 0 Å². The monoisotopic (exact) mass is 307 g/mol. The van der Waals surface area contributed by atoms with E-state index in [0.29, 0.717) is 0 Å². The predicted molar refractivity (Wildman–Crippen MR) is 101 cm³/mol. The first-order chi connectivity index (χ1) is 11.7. The molecule has 1 atom stereocenters. The fraction of sp³-hybridized carbons (Fsp3) is 0.130. The van der Waals surface area contributed by atoms with Gasteiger partial charge in [-0.05, 0) is 42.2 Å². The maximum absolute atomic E-state index is 2.56. The van der Waals surface area contributed by atoms with Gasteiger partial charge in [-0.25, -0.2) is 0 Å². The van der Waals surface area contributed by atoms with Crippen molar-refractivity contribution in [3.63, 3.8) is 0 Å². The maximum Gasteiger partial charge on any atom is 0.0959 e. The normalized spacial score (nSPS) is 20.5. The third-order valence-corrected chi connectivity index (χ3v) is 6.05. The zero-order valence-electron chi connectivity index (χ0n) is 13.8. The van der Waals surface area contributed by atoms with Crippen LogP contribution in [0.2, 0.25) is 0 Å². The molecule has 0 spiro atoms. The molecule has 1 nitrogen and oxygen atoms in total. The van der Waals surface area contributed by atoms with E-state index in [1.165, 1.54) is 49.6 Å². The summed E-state index contributed by atoms with van der Waals surface area (Å²) in [4.78, 5) is 0. The van der Waals surface area contributed by atoms with Gasteiger partial charge in [-0.3, -0.25) is 0 Å². The number of benzene rings is 3. The lowest BCUT2D eigenvalue weighted by Crippen LogP contribution is -2.41. The zero-order valence-corrected chi connectivity index (χ0v) is 13.8. The SMILES string of the molecule is CC1=Cc2ccccc2C2(C)c3c1ccc1c4ccccc4n2c31. The molecule has 1 unspecified atom stereocenters. The molecule has 6 rings (SSSR count). The van der Waals surface area contributed by atoms with Crippen molar-refractivity contribution < 1.29 is 0 Å². The largest absolute Gasteiger partial charge is 0.326 e. The van der Waals surface area contributed by atoms with Gasteiger partial charge in [0.25, 0.3) is 0 Å². The Kier molecular flexibility index (Phi) is 2.00. The summed E-state index contributed by atoms with van der Waals surface area (Å²) in [5.74, 6) is 0. The molecule has 0 fully saturated rings. The average Bonchev–Trinajstić information content (AvgIpc) is 2.90. The van der Waals surface area contributed by atoms with Gasteiger partial charge in [0.2, 0.25) is 0 Å². The molecule has 1 aliphatic carbocycles. The van der Waals surface area contributed by atoms with Crippen LogP contribution in [0.4, 0.5) is 0 Å². The first-order valence-electron chi connectivity index (χ1n) is 8.56. The maximum atomic E-state index is 2.56. The first kappa shape index (κ1) is 12.6. The van der Waals surface area contributed by atoms with E-state index < -0.39 is 0 Å². The summed E-state index contributed by atoms with van der Waals surface area (Å²) in [7, 11) is 0. The van der Waals surface area contributed by atoms with Crippen molar-refractivity contribution in [3.05, 3.63) is 82.9 Å². The molecule has 24 heavy (non-hydrogen) atoms. The minimum Gasteiger partial charge on any atom is -0.326 e. The number of fused-ring (bicyclic) bond motifs is 6. The van der Waals surface area contributed by atoms with Crippen LogP contribution >= 0.6 is 0 Å². The third-order valence-electron chi connectivity index (χ3n) is 6.05. The Morgan fingerprint density at radius 3 is 2.54 bits per heavy atom. The van der Waals surface area contributed by atoms with E-state index in [1.807, 2.05) is 0 Å². The molecule has 0 saturated carbocycles. The summed E-state index contributed by atoms with van der Waals surface area (Å²) in [5.41, 5.74) is 9.67. The standard InChI is InChI=1S/C23H17N/c1-14-13-15-7-3-5-9-19(15)23(2)21-16(14)11-12-18-17-8-4-6-10-20(17)24(23)22(18)21/h3-13H,1-2H3. The summed E-state index contributed by atoms with van der Waals surface area (Å²) < 4.78 is 2.56. The zero-order chi connectivity index (χ0) is 16.1. The Balaban J connectivity index is 1.91. The van der Waals surface area contributed by atoms with E-state index >= 15 is 0 Å². The Bertz CT molecular complexity index is 1220. The van der Waals surface area contributed by atoms with Gasteiger partial charge in [0.1, 0.15) is 0 Å². The second-order valence-electron chi connectivity index (χ2n) is 7.22. The highest BCUT2D eigenvalue weighted by atomic mass is 15.1. The lowest BCUT2D eigenvalue weighted by atomic mass is 9.75. The van der Waals surface area contributed by atoms with E-state index in [9.17, 15) is 0 Å². The van der Waals surface area contributed by atoms with E-state index in [-0.39, 0.29) is 5.54 Å². The average molecular weight is 307 g/mol. The smallest absolute Gasteiger partial charge is 0.0959 e. The molecule has 1 aliphatic heterocycles. The van der Waals surface area contributed by atoms with Crippen LogP contribution in [0, 0.1) is 0 Å². The van der Waals surface area contributed by atoms with Gasteiger partial charge in [-0.15, -0.1) is 0 Å². The van der Waals surface area contributed by atoms with Crippen LogP contribution in [0.25, 0.3) is 33.5 Å². The van der Waals surface area contributed by atoms with E-state index in [2.05, 4.69) is 85.2 Å². The lowest BCUT2D eigenvalue weighted by Gasteiger charge is -2.44. The molecule has 0 bridgehead atoms. The highest BCUT2D eigenvalue weighted by molar-refractivity contribution is 6.14. The van der Waals surface area contributed by atoms with Crippen LogP contribution in [0.5, 0.6) is 0 Å². The van der Waals surface area contributed by atoms with Gasteiger partial charge < -0.3 is 4.57 Å². The topological polar surface area (TPSA) is 4.93 Å². The molecular formula is C23H17N. The second-order valence-corrected chi connectivity index (χ2v) is 7.22. The highest BCUT2D eigenvalue weighted by Gasteiger charge is 2.47. The predicted octanol–water partition coefficient (Wildman–Crippen LogP) is 5.79. The Morgan fingerprint density at radius 1 is 0.833 bits per heavy atom. The van der Waals surface area contributed by atoms with Gasteiger partial charge in [0, 0.05) is 16.3 Å². The molecule has 0 N–H and O–H groups in total. The van der Waals surface area contributed by atoms with Crippen LogP contribution < -0.4 is 0 Å². The minimum atomic E-state index is -0.0852. The van der Waals surface area contributed by atoms with Crippen molar-refractivity contribution in [1.29, 1.82) is 0 Å². The molecule has 114 valence electrons. The van der Waals surface area contributed by atoms with Crippen molar-refractivity contribution in [2.45, 2.75) is 19.4 Å². The van der Waals surface area contributed by atoms with Crippen LogP contribution in [0.3, 0.4) is 0 Å². The van der Waals surface area contributed by atoms with Crippen LogP contribution in [0.1, 0.15) is 36.1 Å². The molecule has 3 aromatic carbocycles. The molecule has 0 amide bonds.